The zero-order valence-corrected chi connectivity index (χ0v) is 11.1. The van der Waals surface area contributed by atoms with Gasteiger partial charge in [0.15, 0.2) is 0 Å². The van der Waals surface area contributed by atoms with Crippen molar-refractivity contribution in [2.24, 2.45) is 0 Å². The third-order valence-corrected chi connectivity index (χ3v) is 2.90. The molecule has 0 heterocycles. The molecule has 0 saturated heterocycles. The van der Waals surface area contributed by atoms with Crippen molar-refractivity contribution >= 4 is 0 Å². The number of hydrogen-bond donors (Lipinski definition) is 1. The van der Waals surface area contributed by atoms with Crippen LogP contribution >= 0.6 is 0 Å². The van der Waals surface area contributed by atoms with Crippen LogP contribution in [0, 0.1) is 12.7 Å². The Bertz CT molecular complexity index is 564. The zero-order chi connectivity index (χ0) is 13.8. The van der Waals surface area contributed by atoms with Gasteiger partial charge in [0.25, 0.3) is 0 Å². The zero-order valence-electron chi connectivity index (χ0n) is 11.1. The minimum absolute atomic E-state index is 0.352. The van der Waals surface area contributed by atoms with Crippen molar-refractivity contribution in [1.29, 1.82) is 0 Å². The molecule has 0 bridgehead atoms. The third kappa shape index (κ3) is 3.55. The van der Waals surface area contributed by atoms with E-state index in [4.69, 9.17) is 4.74 Å². The normalized spacial score (nSPS) is 12.2. The first kappa shape index (κ1) is 13.6. The molecule has 1 N–H and O–H groups in total. The van der Waals surface area contributed by atoms with Gasteiger partial charge in [0, 0.05) is 11.6 Å². The summed E-state index contributed by atoms with van der Waals surface area (Å²) in [5.74, 6) is 0.0140. The number of aliphatic hydroxyl groups is 1. The Labute approximate surface area is 112 Å². The highest BCUT2D eigenvalue weighted by molar-refractivity contribution is 5.36. The first-order valence-electron chi connectivity index (χ1n) is 6.22. The summed E-state index contributed by atoms with van der Waals surface area (Å²) in [6, 6.07) is 12.1. The van der Waals surface area contributed by atoms with Crippen molar-refractivity contribution in [3.05, 3.63) is 65.0 Å². The molecule has 0 fully saturated rings. The largest absolute Gasteiger partial charge is 0.488 e. The molecule has 0 spiro atoms. The highest BCUT2D eigenvalue weighted by Gasteiger charge is 2.10. The van der Waals surface area contributed by atoms with Crippen LogP contribution in [0.3, 0.4) is 0 Å². The van der Waals surface area contributed by atoms with Gasteiger partial charge in [-0.1, -0.05) is 29.8 Å². The summed E-state index contributed by atoms with van der Waals surface area (Å²) in [5, 5.41) is 9.63. The molecule has 0 amide bonds. The molecule has 19 heavy (non-hydrogen) atoms. The van der Waals surface area contributed by atoms with Crippen molar-refractivity contribution in [3.8, 4) is 5.75 Å². The van der Waals surface area contributed by atoms with E-state index in [2.05, 4.69) is 0 Å². The van der Waals surface area contributed by atoms with Gasteiger partial charge in [0.2, 0.25) is 0 Å². The maximum absolute atomic E-state index is 13.2. The molecule has 2 rings (SSSR count). The van der Waals surface area contributed by atoms with Gasteiger partial charge in [-0.3, -0.25) is 0 Å². The maximum atomic E-state index is 13.2. The first-order chi connectivity index (χ1) is 9.06. The lowest BCUT2D eigenvalue weighted by atomic mass is 10.1. The van der Waals surface area contributed by atoms with E-state index in [1.165, 1.54) is 12.1 Å². The van der Waals surface area contributed by atoms with E-state index < -0.39 is 6.10 Å². The Hall–Kier alpha value is -1.87. The highest BCUT2D eigenvalue weighted by atomic mass is 19.1. The molecule has 1 unspecified atom stereocenters. The molecule has 0 radical (unpaired) electrons. The molecule has 0 saturated carbocycles. The molecule has 1 atom stereocenters. The molecule has 0 aliphatic heterocycles. The van der Waals surface area contributed by atoms with Crippen LogP contribution in [0.1, 0.15) is 29.7 Å². The summed E-state index contributed by atoms with van der Waals surface area (Å²) in [7, 11) is 0. The third-order valence-electron chi connectivity index (χ3n) is 2.90. The second kappa shape index (κ2) is 5.85. The smallest absolute Gasteiger partial charge is 0.128 e. The van der Waals surface area contributed by atoms with Crippen LogP contribution in [0.4, 0.5) is 4.39 Å². The lowest BCUT2D eigenvalue weighted by Gasteiger charge is -2.13. The van der Waals surface area contributed by atoms with Gasteiger partial charge >= 0.3 is 0 Å². The maximum Gasteiger partial charge on any atom is 0.128 e. The minimum Gasteiger partial charge on any atom is -0.488 e. The van der Waals surface area contributed by atoms with Gasteiger partial charge < -0.3 is 9.84 Å². The number of aryl methyl sites for hydroxylation is 1. The number of hydrogen-bond acceptors (Lipinski definition) is 2. The molecule has 2 aromatic rings. The summed E-state index contributed by atoms with van der Waals surface area (Å²) in [4.78, 5) is 0. The molecule has 0 aliphatic carbocycles. The molecule has 2 nitrogen and oxygen atoms in total. The van der Waals surface area contributed by atoms with E-state index in [1.807, 2.05) is 31.2 Å². The number of benzene rings is 2. The summed E-state index contributed by atoms with van der Waals surface area (Å²) in [5.41, 5.74) is 2.76. The Morgan fingerprint density at radius 1 is 1.21 bits per heavy atom. The Balaban J connectivity index is 2.17. The Kier molecular flexibility index (Phi) is 4.17. The predicted octanol–water partition coefficient (Wildman–Crippen LogP) is 3.77. The van der Waals surface area contributed by atoms with Crippen LogP contribution in [0.25, 0.3) is 0 Å². The molecular weight excluding hydrogens is 243 g/mol. The molecular formula is C16H17FO2. The van der Waals surface area contributed by atoms with Gasteiger partial charge in [-0.25, -0.2) is 4.39 Å². The van der Waals surface area contributed by atoms with E-state index >= 15 is 0 Å². The number of halogens is 1. The van der Waals surface area contributed by atoms with Gasteiger partial charge in [-0.2, -0.15) is 0 Å². The standard InChI is InChI=1S/C16H17FO2/c1-11-4-3-5-13(8-11)10-19-16-9-14(17)6-7-15(16)12(2)18/h3-9,12,18H,10H2,1-2H3. The van der Waals surface area contributed by atoms with Crippen LogP contribution in [-0.4, -0.2) is 5.11 Å². The van der Waals surface area contributed by atoms with E-state index in [1.54, 1.807) is 13.0 Å². The van der Waals surface area contributed by atoms with Gasteiger partial charge in [0.05, 0.1) is 6.10 Å². The minimum atomic E-state index is -0.687. The van der Waals surface area contributed by atoms with Gasteiger partial charge in [0.1, 0.15) is 18.2 Å². The van der Waals surface area contributed by atoms with Crippen LogP contribution in [0.5, 0.6) is 5.75 Å². The topological polar surface area (TPSA) is 29.5 Å². The monoisotopic (exact) mass is 260 g/mol. The number of ether oxygens (including phenoxy) is 1. The van der Waals surface area contributed by atoms with Crippen LogP contribution in [0.2, 0.25) is 0 Å². The summed E-state index contributed by atoms with van der Waals surface area (Å²) < 4.78 is 18.9. The quantitative estimate of drug-likeness (QED) is 0.906. The van der Waals surface area contributed by atoms with E-state index in [0.29, 0.717) is 17.9 Å². The van der Waals surface area contributed by atoms with Crippen molar-refractivity contribution < 1.29 is 14.2 Å². The lowest BCUT2D eigenvalue weighted by molar-refractivity contribution is 0.190. The Morgan fingerprint density at radius 3 is 2.68 bits per heavy atom. The second-order valence-corrected chi connectivity index (χ2v) is 4.64. The van der Waals surface area contributed by atoms with Crippen LogP contribution < -0.4 is 4.74 Å². The Morgan fingerprint density at radius 2 is 2.00 bits per heavy atom. The average molecular weight is 260 g/mol. The van der Waals surface area contributed by atoms with Crippen molar-refractivity contribution in [1.82, 2.24) is 0 Å². The lowest BCUT2D eigenvalue weighted by Crippen LogP contribution is -2.01. The molecule has 0 aliphatic rings. The SMILES string of the molecule is Cc1cccc(COc2cc(F)ccc2C(C)O)c1. The van der Waals surface area contributed by atoms with Crippen molar-refractivity contribution in [2.75, 3.05) is 0 Å². The van der Waals surface area contributed by atoms with Crippen molar-refractivity contribution in [2.45, 2.75) is 26.6 Å². The number of aliphatic hydroxyl groups excluding tert-OH is 1. The molecule has 2 aromatic carbocycles. The molecule has 0 aromatic heterocycles. The van der Waals surface area contributed by atoms with Crippen molar-refractivity contribution in [3.63, 3.8) is 0 Å². The van der Waals surface area contributed by atoms with E-state index in [9.17, 15) is 9.50 Å². The predicted molar refractivity (Wildman–Crippen MR) is 72.5 cm³/mol. The average Bonchev–Trinajstić information content (AvgIpc) is 2.36. The summed E-state index contributed by atoms with van der Waals surface area (Å²) in [6.07, 6.45) is -0.687. The fourth-order valence-electron chi connectivity index (χ4n) is 1.94. The fourth-order valence-corrected chi connectivity index (χ4v) is 1.94. The van der Waals surface area contributed by atoms with Gasteiger partial charge in [-0.15, -0.1) is 0 Å². The van der Waals surface area contributed by atoms with Crippen LogP contribution in [-0.2, 0) is 6.61 Å². The van der Waals surface area contributed by atoms with Gasteiger partial charge in [-0.05, 0) is 31.5 Å². The van der Waals surface area contributed by atoms with E-state index in [-0.39, 0.29) is 5.82 Å². The molecule has 3 heteroatoms. The summed E-state index contributed by atoms with van der Waals surface area (Å²) >= 11 is 0. The highest BCUT2D eigenvalue weighted by Crippen LogP contribution is 2.26. The summed E-state index contributed by atoms with van der Waals surface area (Å²) in [6.45, 7) is 3.99. The van der Waals surface area contributed by atoms with Crippen LogP contribution in [0.15, 0.2) is 42.5 Å². The van der Waals surface area contributed by atoms with E-state index in [0.717, 1.165) is 11.1 Å². The first-order valence-corrected chi connectivity index (χ1v) is 6.22. The number of rotatable bonds is 4. The second-order valence-electron chi connectivity index (χ2n) is 4.64. The fraction of sp³-hybridized carbons (Fsp3) is 0.250. The molecule has 100 valence electrons.